The third-order valence-corrected chi connectivity index (χ3v) is 3.41. The molecule has 0 heterocycles. The van der Waals surface area contributed by atoms with Crippen LogP contribution in [-0.4, -0.2) is 45.1 Å². The van der Waals surface area contributed by atoms with E-state index in [9.17, 15) is 29.9 Å². The number of carbonyl (C=O) groups is 2. The van der Waals surface area contributed by atoms with Crippen molar-refractivity contribution in [2.24, 2.45) is 0 Å². The molecule has 0 bridgehead atoms. The van der Waals surface area contributed by atoms with Crippen molar-refractivity contribution >= 4 is 29.2 Å². The lowest BCUT2D eigenvalue weighted by atomic mass is 10.1. The van der Waals surface area contributed by atoms with Crippen molar-refractivity contribution in [3.63, 3.8) is 0 Å². The van der Waals surface area contributed by atoms with Crippen LogP contribution in [0.4, 0.5) is 10.5 Å². The van der Waals surface area contributed by atoms with E-state index in [2.05, 4.69) is 0 Å². The number of hydrogen-bond acceptors (Lipinski definition) is 6. The minimum atomic E-state index is -1.13. The first-order chi connectivity index (χ1) is 11.2. The first-order valence-corrected chi connectivity index (χ1v) is 7.61. The van der Waals surface area contributed by atoms with Gasteiger partial charge in [0.25, 0.3) is 5.91 Å². The number of hydrogen-bond donors (Lipinski definition) is 3. The zero-order valence-electron chi connectivity index (χ0n) is 13.2. The van der Waals surface area contributed by atoms with E-state index < -0.39 is 44.6 Å². The molecule has 0 unspecified atom stereocenters. The number of urea groups is 1. The number of carbonyl (C=O) groups excluding carboxylic acids is 2. The molecule has 0 saturated heterocycles. The number of rotatable bonds is 6. The van der Waals surface area contributed by atoms with Crippen LogP contribution in [0.15, 0.2) is 6.07 Å². The summed E-state index contributed by atoms with van der Waals surface area (Å²) in [5, 5.41) is 31.6. The van der Waals surface area contributed by atoms with Gasteiger partial charge in [0.2, 0.25) is 5.75 Å². The minimum absolute atomic E-state index is 0.406. The molecule has 0 aliphatic carbocycles. The normalized spacial score (nSPS) is 10.3. The second-order valence-corrected chi connectivity index (χ2v) is 5.36. The zero-order chi connectivity index (χ0) is 18.4. The Kier molecular flexibility index (Phi) is 6.78. The fourth-order valence-electron chi connectivity index (χ4n) is 2.10. The van der Waals surface area contributed by atoms with Gasteiger partial charge in [-0.3, -0.25) is 20.2 Å². The van der Waals surface area contributed by atoms with Gasteiger partial charge in [0.05, 0.1) is 9.95 Å². The maximum absolute atomic E-state index is 12.2. The molecule has 0 spiro atoms. The Hall–Kier alpha value is -2.55. The van der Waals surface area contributed by atoms with Crippen LogP contribution in [0.5, 0.6) is 11.5 Å². The van der Waals surface area contributed by atoms with Gasteiger partial charge in [0.1, 0.15) is 5.56 Å². The number of nitrogens with one attached hydrogen (secondary N) is 1. The van der Waals surface area contributed by atoms with E-state index >= 15 is 0 Å². The molecule has 0 aliphatic rings. The number of benzene rings is 1. The molecule has 1 aromatic carbocycles. The van der Waals surface area contributed by atoms with Gasteiger partial charge in [0, 0.05) is 19.2 Å². The summed E-state index contributed by atoms with van der Waals surface area (Å²) in [5.74, 6) is -3.07. The van der Waals surface area contributed by atoms with E-state index in [1.807, 2.05) is 19.2 Å². The molecule has 9 nitrogen and oxygen atoms in total. The van der Waals surface area contributed by atoms with Crippen LogP contribution < -0.4 is 5.32 Å². The number of halogens is 1. The predicted molar refractivity (Wildman–Crippen MR) is 86.5 cm³/mol. The average Bonchev–Trinajstić information content (AvgIpc) is 2.49. The van der Waals surface area contributed by atoms with Gasteiger partial charge < -0.3 is 15.1 Å². The molecule has 0 fully saturated rings. The van der Waals surface area contributed by atoms with Crippen molar-refractivity contribution in [3.8, 4) is 11.5 Å². The zero-order valence-corrected chi connectivity index (χ0v) is 14.0. The standard InChI is InChI=1S/C14H18ClN3O6/c1-3-5-17(6-4-2)14(22)16-13(21)10-8(15)7-9(19)12(20)11(10)18(23)24/h7,19-20H,3-6H2,1-2H3,(H,16,21,22). The number of aromatic hydroxyl groups is 2. The quantitative estimate of drug-likeness (QED) is 0.406. The molecule has 0 saturated carbocycles. The van der Waals surface area contributed by atoms with Crippen LogP contribution in [0.3, 0.4) is 0 Å². The van der Waals surface area contributed by atoms with Crippen molar-refractivity contribution in [1.29, 1.82) is 0 Å². The highest BCUT2D eigenvalue weighted by atomic mass is 35.5. The highest BCUT2D eigenvalue weighted by molar-refractivity contribution is 6.35. The number of nitrogens with zero attached hydrogens (tertiary/aromatic N) is 2. The number of imide groups is 1. The Morgan fingerprint density at radius 1 is 1.29 bits per heavy atom. The number of amides is 3. The van der Waals surface area contributed by atoms with Gasteiger partial charge in [-0.25, -0.2) is 4.79 Å². The molecule has 132 valence electrons. The lowest BCUT2D eigenvalue weighted by molar-refractivity contribution is -0.386. The third kappa shape index (κ3) is 4.25. The Morgan fingerprint density at radius 3 is 2.29 bits per heavy atom. The van der Waals surface area contributed by atoms with Gasteiger partial charge in [-0.1, -0.05) is 25.4 Å². The van der Waals surface area contributed by atoms with Gasteiger partial charge in [0.15, 0.2) is 5.75 Å². The lowest BCUT2D eigenvalue weighted by Crippen LogP contribution is -2.43. The van der Waals surface area contributed by atoms with Crippen molar-refractivity contribution in [1.82, 2.24) is 10.2 Å². The molecule has 0 aliphatic heterocycles. The summed E-state index contributed by atoms with van der Waals surface area (Å²) < 4.78 is 0. The van der Waals surface area contributed by atoms with Crippen molar-refractivity contribution in [2.75, 3.05) is 13.1 Å². The molecule has 0 aromatic heterocycles. The summed E-state index contributed by atoms with van der Waals surface area (Å²) in [7, 11) is 0. The molecule has 0 radical (unpaired) electrons. The third-order valence-electron chi connectivity index (χ3n) is 3.11. The highest BCUT2D eigenvalue weighted by Gasteiger charge is 2.32. The minimum Gasteiger partial charge on any atom is -0.504 e. The first-order valence-electron chi connectivity index (χ1n) is 7.23. The van der Waals surface area contributed by atoms with E-state index in [0.29, 0.717) is 25.9 Å². The largest absolute Gasteiger partial charge is 0.504 e. The van der Waals surface area contributed by atoms with Crippen LogP contribution in [0.1, 0.15) is 37.0 Å². The molecule has 10 heteroatoms. The van der Waals surface area contributed by atoms with Gasteiger partial charge >= 0.3 is 11.7 Å². The van der Waals surface area contributed by atoms with E-state index in [1.165, 1.54) is 4.90 Å². The van der Waals surface area contributed by atoms with Crippen LogP contribution in [-0.2, 0) is 0 Å². The van der Waals surface area contributed by atoms with Crippen LogP contribution in [0.2, 0.25) is 5.02 Å². The number of phenols is 2. The number of phenolic OH excluding ortho intramolecular Hbond substituents is 2. The molecule has 3 amide bonds. The molecular formula is C14H18ClN3O6. The fraction of sp³-hybridized carbons (Fsp3) is 0.429. The number of nitro benzene ring substituents is 1. The Bertz CT molecular complexity index is 658. The Labute approximate surface area is 143 Å². The molecular weight excluding hydrogens is 342 g/mol. The van der Waals surface area contributed by atoms with E-state index in [-0.39, 0.29) is 0 Å². The van der Waals surface area contributed by atoms with E-state index in [4.69, 9.17) is 11.6 Å². The smallest absolute Gasteiger partial charge is 0.328 e. The maximum atomic E-state index is 12.2. The topological polar surface area (TPSA) is 133 Å². The Balaban J connectivity index is 3.18. The predicted octanol–water partition coefficient (Wildman–Crippen LogP) is 2.63. The Morgan fingerprint density at radius 2 is 1.83 bits per heavy atom. The summed E-state index contributed by atoms with van der Waals surface area (Å²) in [6.07, 6.45) is 1.34. The first kappa shape index (κ1) is 19.5. The monoisotopic (exact) mass is 359 g/mol. The van der Waals surface area contributed by atoms with Crippen LogP contribution in [0, 0.1) is 10.1 Å². The molecule has 1 aromatic rings. The van der Waals surface area contributed by atoms with E-state index in [1.54, 1.807) is 0 Å². The van der Waals surface area contributed by atoms with Crippen LogP contribution >= 0.6 is 11.6 Å². The van der Waals surface area contributed by atoms with Gasteiger partial charge in [-0.15, -0.1) is 0 Å². The maximum Gasteiger partial charge on any atom is 0.328 e. The second-order valence-electron chi connectivity index (χ2n) is 4.95. The van der Waals surface area contributed by atoms with Crippen LogP contribution in [0.25, 0.3) is 0 Å². The average molecular weight is 360 g/mol. The van der Waals surface area contributed by atoms with Gasteiger partial charge in [-0.2, -0.15) is 0 Å². The fourth-order valence-corrected chi connectivity index (χ4v) is 2.38. The number of nitro groups is 1. The molecule has 3 N–H and O–H groups in total. The van der Waals surface area contributed by atoms with Crippen molar-refractivity contribution < 1.29 is 24.7 Å². The summed E-state index contributed by atoms with van der Waals surface area (Å²) in [5.41, 5.74) is -1.76. The summed E-state index contributed by atoms with van der Waals surface area (Å²) in [6.45, 7) is 4.53. The molecule has 24 heavy (non-hydrogen) atoms. The highest BCUT2D eigenvalue weighted by Crippen LogP contribution is 2.41. The van der Waals surface area contributed by atoms with Gasteiger partial charge in [-0.05, 0) is 12.8 Å². The summed E-state index contributed by atoms with van der Waals surface area (Å²) in [6, 6.07) is 0.0701. The second kappa shape index (κ2) is 8.34. The summed E-state index contributed by atoms with van der Waals surface area (Å²) in [4.78, 5) is 35.8. The lowest BCUT2D eigenvalue weighted by Gasteiger charge is -2.21. The van der Waals surface area contributed by atoms with Crippen molar-refractivity contribution in [3.05, 3.63) is 26.8 Å². The summed E-state index contributed by atoms with van der Waals surface area (Å²) >= 11 is 5.77. The molecule has 1 rings (SSSR count). The van der Waals surface area contributed by atoms with E-state index in [0.717, 1.165) is 6.07 Å². The SMILES string of the molecule is CCCN(CCC)C(=O)NC(=O)c1c(Cl)cc(O)c(O)c1[N+](=O)[O-]. The van der Waals surface area contributed by atoms with Crippen molar-refractivity contribution in [2.45, 2.75) is 26.7 Å². The molecule has 0 atom stereocenters.